The Labute approximate surface area is 152 Å². The number of guanidine groups is 1. The second-order valence-electron chi connectivity index (χ2n) is 7.04. The fourth-order valence-electron chi connectivity index (χ4n) is 3.24. The highest BCUT2D eigenvalue weighted by Gasteiger charge is 2.21. The van der Waals surface area contributed by atoms with Crippen molar-refractivity contribution < 1.29 is 0 Å². The zero-order valence-corrected chi connectivity index (χ0v) is 16.6. The van der Waals surface area contributed by atoms with Gasteiger partial charge in [-0.2, -0.15) is 0 Å². The first-order chi connectivity index (χ1) is 11.6. The zero-order chi connectivity index (χ0) is 17.4. The van der Waals surface area contributed by atoms with Gasteiger partial charge < -0.3 is 15.1 Å². The molecule has 0 radical (unpaired) electrons. The van der Waals surface area contributed by atoms with Crippen LogP contribution in [-0.4, -0.2) is 61.6 Å². The second kappa shape index (κ2) is 10.0. The highest BCUT2D eigenvalue weighted by Crippen LogP contribution is 2.18. The van der Waals surface area contributed by atoms with Crippen LogP contribution in [0.2, 0.25) is 0 Å². The molecule has 1 fully saturated rings. The summed E-state index contributed by atoms with van der Waals surface area (Å²) < 4.78 is 0. The molecule has 1 saturated heterocycles. The molecule has 1 aromatic rings. The van der Waals surface area contributed by atoms with Gasteiger partial charge in [0.05, 0.1) is 0 Å². The second-order valence-corrected chi connectivity index (χ2v) is 8.07. The van der Waals surface area contributed by atoms with E-state index < -0.39 is 0 Å². The van der Waals surface area contributed by atoms with Crippen LogP contribution in [0, 0.1) is 5.92 Å². The Balaban J connectivity index is 1.86. The first-order valence-electron chi connectivity index (χ1n) is 9.36. The maximum Gasteiger partial charge on any atom is 0.193 e. The molecule has 0 saturated carbocycles. The third-order valence-corrected chi connectivity index (χ3v) is 5.69. The van der Waals surface area contributed by atoms with Crippen LogP contribution in [0.15, 0.2) is 22.5 Å². The van der Waals surface area contributed by atoms with Crippen LogP contribution in [0.4, 0.5) is 0 Å². The van der Waals surface area contributed by atoms with Crippen molar-refractivity contribution in [3.05, 3.63) is 22.4 Å². The van der Waals surface area contributed by atoms with E-state index in [1.54, 1.807) is 0 Å². The first kappa shape index (κ1) is 19.3. The number of hydrogen-bond donors (Lipinski definition) is 1. The highest BCUT2D eigenvalue weighted by molar-refractivity contribution is 7.09. The van der Waals surface area contributed by atoms with Gasteiger partial charge in [0, 0.05) is 44.1 Å². The van der Waals surface area contributed by atoms with Crippen molar-refractivity contribution in [2.45, 2.75) is 46.1 Å². The Morgan fingerprint density at radius 1 is 1.50 bits per heavy atom. The number of thiophene rings is 1. The third-order valence-electron chi connectivity index (χ3n) is 4.75. The standard InChI is InChI=1S/C19H34N4S/c1-5-20-19(22(4)12-10-18-9-7-13-24-18)21-14-17-8-6-11-23(15-17)16(2)3/h7,9,13,16-17H,5-6,8,10-12,14-15H2,1-4H3,(H,20,21). The van der Waals surface area contributed by atoms with Crippen LogP contribution in [0.5, 0.6) is 0 Å². The Kier molecular flexibility index (Phi) is 8.06. The van der Waals surface area contributed by atoms with E-state index in [0.717, 1.165) is 32.0 Å². The van der Waals surface area contributed by atoms with Gasteiger partial charge in [0.2, 0.25) is 0 Å². The molecule has 5 heteroatoms. The average molecular weight is 351 g/mol. The van der Waals surface area contributed by atoms with E-state index in [1.165, 1.54) is 30.8 Å². The molecular formula is C19H34N4S. The lowest BCUT2D eigenvalue weighted by Crippen LogP contribution is -2.42. The quantitative estimate of drug-likeness (QED) is 0.605. The lowest BCUT2D eigenvalue weighted by Gasteiger charge is -2.35. The molecular weight excluding hydrogens is 316 g/mol. The van der Waals surface area contributed by atoms with E-state index in [4.69, 9.17) is 4.99 Å². The zero-order valence-electron chi connectivity index (χ0n) is 15.8. The maximum absolute atomic E-state index is 4.94. The van der Waals surface area contributed by atoms with Crippen LogP contribution in [-0.2, 0) is 6.42 Å². The van der Waals surface area contributed by atoms with Gasteiger partial charge in [-0.25, -0.2) is 0 Å². The third kappa shape index (κ3) is 6.10. The fourth-order valence-corrected chi connectivity index (χ4v) is 3.94. The molecule has 0 amide bonds. The van der Waals surface area contributed by atoms with Crippen LogP contribution >= 0.6 is 11.3 Å². The summed E-state index contributed by atoms with van der Waals surface area (Å²) in [6.45, 7) is 12.1. The lowest BCUT2D eigenvalue weighted by atomic mass is 9.97. The molecule has 2 rings (SSSR count). The predicted octanol–water partition coefficient (Wildman–Crippen LogP) is 3.31. The molecule has 1 aliphatic heterocycles. The van der Waals surface area contributed by atoms with Gasteiger partial charge in [0.25, 0.3) is 0 Å². The number of piperidine rings is 1. The molecule has 0 aromatic carbocycles. The van der Waals surface area contributed by atoms with E-state index in [-0.39, 0.29) is 0 Å². The summed E-state index contributed by atoms with van der Waals surface area (Å²) in [5.74, 6) is 1.75. The van der Waals surface area contributed by atoms with Crippen molar-refractivity contribution in [1.82, 2.24) is 15.1 Å². The molecule has 1 N–H and O–H groups in total. The van der Waals surface area contributed by atoms with Crippen molar-refractivity contribution >= 4 is 17.3 Å². The van der Waals surface area contributed by atoms with Crippen LogP contribution < -0.4 is 5.32 Å². The van der Waals surface area contributed by atoms with E-state index in [0.29, 0.717) is 12.0 Å². The Morgan fingerprint density at radius 2 is 2.33 bits per heavy atom. The predicted molar refractivity (Wildman–Crippen MR) is 106 cm³/mol. The molecule has 24 heavy (non-hydrogen) atoms. The normalized spacial score (nSPS) is 19.7. The van der Waals surface area contributed by atoms with Gasteiger partial charge in [-0.15, -0.1) is 11.3 Å². The largest absolute Gasteiger partial charge is 0.357 e. The summed E-state index contributed by atoms with van der Waals surface area (Å²) in [7, 11) is 2.15. The fraction of sp³-hybridized carbons (Fsp3) is 0.737. The number of rotatable bonds is 7. The van der Waals surface area contributed by atoms with Crippen molar-refractivity contribution in [3.63, 3.8) is 0 Å². The molecule has 0 aliphatic carbocycles. The average Bonchev–Trinajstić information content (AvgIpc) is 3.10. The molecule has 0 spiro atoms. The smallest absolute Gasteiger partial charge is 0.193 e. The molecule has 4 nitrogen and oxygen atoms in total. The van der Waals surface area contributed by atoms with Crippen molar-refractivity contribution in [2.75, 3.05) is 39.8 Å². The molecule has 0 bridgehead atoms. The Morgan fingerprint density at radius 3 is 3.00 bits per heavy atom. The Bertz CT molecular complexity index is 484. The van der Waals surface area contributed by atoms with Crippen LogP contribution in [0.3, 0.4) is 0 Å². The SMILES string of the molecule is CCNC(=NCC1CCCN(C(C)C)C1)N(C)CCc1cccs1. The van der Waals surface area contributed by atoms with Crippen molar-refractivity contribution in [3.8, 4) is 0 Å². The number of likely N-dealkylation sites (tertiary alicyclic amines) is 1. The van der Waals surface area contributed by atoms with Gasteiger partial charge in [-0.3, -0.25) is 4.99 Å². The number of likely N-dealkylation sites (N-methyl/N-ethyl adjacent to an activating group) is 1. The summed E-state index contributed by atoms with van der Waals surface area (Å²) in [6.07, 6.45) is 3.71. The van der Waals surface area contributed by atoms with Gasteiger partial charge >= 0.3 is 0 Å². The molecule has 1 atom stereocenters. The molecule has 1 unspecified atom stereocenters. The summed E-state index contributed by atoms with van der Waals surface area (Å²) in [5, 5.41) is 5.60. The van der Waals surface area contributed by atoms with Gasteiger partial charge in [-0.1, -0.05) is 6.07 Å². The summed E-state index contributed by atoms with van der Waals surface area (Å²) >= 11 is 1.84. The summed E-state index contributed by atoms with van der Waals surface area (Å²) in [6, 6.07) is 4.99. The monoisotopic (exact) mass is 350 g/mol. The van der Waals surface area contributed by atoms with Gasteiger partial charge in [-0.05, 0) is 63.9 Å². The topological polar surface area (TPSA) is 30.9 Å². The lowest BCUT2D eigenvalue weighted by molar-refractivity contribution is 0.143. The van der Waals surface area contributed by atoms with E-state index in [2.05, 4.69) is 60.4 Å². The number of nitrogens with zero attached hydrogens (tertiary/aromatic N) is 3. The van der Waals surface area contributed by atoms with Crippen molar-refractivity contribution in [1.29, 1.82) is 0 Å². The van der Waals surface area contributed by atoms with E-state index in [9.17, 15) is 0 Å². The van der Waals surface area contributed by atoms with Gasteiger partial charge in [0.15, 0.2) is 5.96 Å². The van der Waals surface area contributed by atoms with E-state index in [1.807, 2.05) is 11.3 Å². The molecule has 1 aliphatic rings. The Hall–Kier alpha value is -1.07. The highest BCUT2D eigenvalue weighted by atomic mass is 32.1. The number of nitrogens with one attached hydrogen (secondary N) is 1. The summed E-state index contributed by atoms with van der Waals surface area (Å²) in [4.78, 5) is 11.2. The van der Waals surface area contributed by atoms with Crippen LogP contribution in [0.1, 0.15) is 38.5 Å². The minimum atomic E-state index is 0.651. The van der Waals surface area contributed by atoms with Gasteiger partial charge in [0.1, 0.15) is 0 Å². The minimum absolute atomic E-state index is 0.651. The van der Waals surface area contributed by atoms with E-state index >= 15 is 0 Å². The molecule has 136 valence electrons. The first-order valence-corrected chi connectivity index (χ1v) is 10.2. The van der Waals surface area contributed by atoms with Crippen LogP contribution in [0.25, 0.3) is 0 Å². The maximum atomic E-state index is 4.94. The molecule has 2 heterocycles. The summed E-state index contributed by atoms with van der Waals surface area (Å²) in [5.41, 5.74) is 0. The number of hydrogen-bond acceptors (Lipinski definition) is 3. The number of aliphatic imine (C=N–C) groups is 1. The van der Waals surface area contributed by atoms with Crippen molar-refractivity contribution in [2.24, 2.45) is 10.9 Å². The molecule has 1 aromatic heterocycles. The minimum Gasteiger partial charge on any atom is -0.357 e.